The molecule has 2 aromatic carbocycles. The first-order valence-electron chi connectivity index (χ1n) is 20.6. The molecule has 4 aromatic rings. The van der Waals surface area contributed by atoms with Gasteiger partial charge in [-0.15, -0.1) is 20.1 Å². The number of aromatic nitrogens is 1. The van der Waals surface area contributed by atoms with Gasteiger partial charge in [0.1, 0.15) is 12.4 Å². The van der Waals surface area contributed by atoms with Crippen LogP contribution < -0.4 is 30.3 Å². The van der Waals surface area contributed by atoms with Gasteiger partial charge in [0.2, 0.25) is 23.6 Å². The number of carbonyl (C=O) groups is 5. The molecule has 0 radical (unpaired) electrons. The molecular formula is C45H49F2N7O8S. The number of halogens is 2. The summed E-state index contributed by atoms with van der Waals surface area (Å²) in [6.45, 7) is 4.43. The van der Waals surface area contributed by atoms with Crippen molar-refractivity contribution in [1.29, 1.82) is 0 Å². The van der Waals surface area contributed by atoms with Gasteiger partial charge in [-0.05, 0) is 93.9 Å². The molecule has 15 nitrogen and oxygen atoms in total. The molecule has 0 atom stereocenters. The third-order valence-electron chi connectivity index (χ3n) is 10.8. The van der Waals surface area contributed by atoms with Gasteiger partial charge in [0, 0.05) is 61.2 Å². The number of benzene rings is 2. The van der Waals surface area contributed by atoms with E-state index in [1.54, 1.807) is 46.2 Å². The topological polar surface area (TPSA) is 172 Å². The predicted molar refractivity (Wildman–Crippen MR) is 232 cm³/mol. The van der Waals surface area contributed by atoms with Crippen LogP contribution in [0.25, 0.3) is 11.3 Å². The minimum Gasteiger partial charge on any atom is -0.395 e. The number of nitrogens with one attached hydrogen (secondary N) is 3. The zero-order valence-corrected chi connectivity index (χ0v) is 36.0. The molecule has 3 aliphatic rings. The second kappa shape index (κ2) is 19.4. The van der Waals surface area contributed by atoms with Gasteiger partial charge in [0.05, 0.1) is 29.3 Å². The molecular weight excluding hydrogens is 837 g/mol. The highest BCUT2D eigenvalue weighted by Crippen LogP contribution is 2.52. The summed E-state index contributed by atoms with van der Waals surface area (Å²) < 4.78 is 41.9. The SMILES string of the molecule is Cc1ccc(NC(=O)C2(c3ccc4c(c3)OC(F)(F)O4)CC2)nc1-c1cccc(C(=O)NCCOCCNC(=O)CCc2ccc(N3CCN(C(=O)/C=C/CN(C)C)CC3=O)s2)c1. The number of alkyl halides is 2. The number of piperazine rings is 1. The van der Waals surface area contributed by atoms with E-state index in [1.807, 2.05) is 50.2 Å². The molecule has 0 spiro atoms. The zero-order chi connectivity index (χ0) is 44.7. The van der Waals surface area contributed by atoms with E-state index in [2.05, 4.69) is 25.4 Å². The maximum absolute atomic E-state index is 13.6. The second-order valence-electron chi connectivity index (χ2n) is 15.7. The number of hydrogen-bond acceptors (Lipinski definition) is 11. The Morgan fingerprint density at radius 1 is 0.952 bits per heavy atom. The summed E-state index contributed by atoms with van der Waals surface area (Å²) in [5, 5.41) is 9.36. The van der Waals surface area contributed by atoms with Gasteiger partial charge < -0.3 is 44.9 Å². The molecule has 2 aliphatic heterocycles. The van der Waals surface area contributed by atoms with Crippen molar-refractivity contribution in [3.63, 3.8) is 0 Å². The summed E-state index contributed by atoms with van der Waals surface area (Å²) in [5.41, 5.74) is 2.11. The van der Waals surface area contributed by atoms with E-state index < -0.39 is 11.7 Å². The molecule has 1 saturated heterocycles. The van der Waals surface area contributed by atoms with Crippen LogP contribution in [0.15, 0.2) is 78.9 Å². The Balaban J connectivity index is 0.800. The van der Waals surface area contributed by atoms with Crippen LogP contribution in [0.4, 0.5) is 19.6 Å². The van der Waals surface area contributed by atoms with E-state index in [9.17, 15) is 32.8 Å². The minimum absolute atomic E-state index is 0.0227. The first kappa shape index (κ1) is 44.8. The lowest BCUT2D eigenvalue weighted by Crippen LogP contribution is -2.51. The van der Waals surface area contributed by atoms with Gasteiger partial charge in [-0.1, -0.05) is 30.3 Å². The number of pyridine rings is 1. The number of aryl methyl sites for hydroxylation is 2. The number of likely N-dealkylation sites (N-methyl/N-ethyl adjacent to an activating group) is 1. The summed E-state index contributed by atoms with van der Waals surface area (Å²) in [6.07, 6.45) is 1.38. The molecule has 1 aliphatic carbocycles. The molecule has 18 heteroatoms. The van der Waals surface area contributed by atoms with Crippen LogP contribution in [0.2, 0.25) is 0 Å². The molecule has 4 heterocycles. The van der Waals surface area contributed by atoms with Crippen molar-refractivity contribution < 1.29 is 47.0 Å². The van der Waals surface area contributed by atoms with E-state index in [0.29, 0.717) is 73.6 Å². The van der Waals surface area contributed by atoms with E-state index in [4.69, 9.17) is 9.72 Å². The number of hydrogen-bond donors (Lipinski definition) is 3. The average Bonchev–Trinajstić information content (AvgIpc) is 3.83. The molecule has 7 rings (SSSR count). The highest BCUT2D eigenvalue weighted by Gasteiger charge is 2.53. The van der Waals surface area contributed by atoms with Crippen molar-refractivity contribution in [2.45, 2.75) is 44.3 Å². The molecule has 3 N–H and O–H groups in total. The van der Waals surface area contributed by atoms with Crippen molar-refractivity contribution >= 4 is 51.7 Å². The standard InChI is InChI=1S/C45H49F2N7O8S/c1-29-9-14-36(51-43(59)44(17-18-44)32-10-13-34-35(27-32)62-45(46,47)61-34)50-41(29)30-6-4-7-31(26-30)42(58)49-20-25-60-24-19-48-37(55)15-11-33-12-16-40(63-33)54-23-22-53(28-39(54)57)38(56)8-5-21-52(2)3/h4-10,12-14,16,26-27H,11,15,17-25,28H2,1-3H3,(H,48,55)(H,49,58)(H,50,51,59)/b8-5+. The van der Waals surface area contributed by atoms with Gasteiger partial charge >= 0.3 is 6.29 Å². The maximum Gasteiger partial charge on any atom is 0.586 e. The van der Waals surface area contributed by atoms with E-state index in [0.717, 1.165) is 15.4 Å². The number of rotatable bonds is 18. The molecule has 0 unspecified atom stereocenters. The number of fused-ring (bicyclic) bond motifs is 1. The lowest BCUT2D eigenvalue weighted by Gasteiger charge is -2.33. The first-order chi connectivity index (χ1) is 30.2. The largest absolute Gasteiger partial charge is 0.586 e. The Morgan fingerprint density at radius 3 is 2.49 bits per heavy atom. The Hall–Kier alpha value is -6.24. The Morgan fingerprint density at radius 2 is 1.73 bits per heavy atom. The van der Waals surface area contributed by atoms with Crippen LogP contribution in [0.1, 0.15) is 45.6 Å². The summed E-state index contributed by atoms with van der Waals surface area (Å²) in [4.78, 5) is 75.2. The van der Waals surface area contributed by atoms with Crippen molar-refractivity contribution in [2.75, 3.05) is 76.8 Å². The molecule has 2 fully saturated rings. The Labute approximate surface area is 367 Å². The third kappa shape index (κ3) is 11.2. The van der Waals surface area contributed by atoms with Gasteiger partial charge in [-0.2, -0.15) is 0 Å². The number of amides is 5. The molecule has 63 heavy (non-hydrogen) atoms. The monoisotopic (exact) mass is 885 g/mol. The molecule has 332 valence electrons. The Kier molecular flexibility index (Phi) is 13.8. The second-order valence-corrected chi connectivity index (χ2v) is 16.9. The summed E-state index contributed by atoms with van der Waals surface area (Å²) >= 11 is 1.46. The normalized spacial score (nSPS) is 16.1. The highest BCUT2D eigenvalue weighted by atomic mass is 32.1. The smallest absolute Gasteiger partial charge is 0.395 e. The van der Waals surface area contributed by atoms with Gasteiger partial charge in [0.25, 0.3) is 5.91 Å². The first-order valence-corrected chi connectivity index (χ1v) is 21.4. The number of ether oxygens (including phenoxy) is 3. The fraction of sp³-hybridized carbons (Fsp3) is 0.378. The van der Waals surface area contributed by atoms with Gasteiger partial charge in [-0.25, -0.2) is 4.98 Å². The molecule has 5 amide bonds. The van der Waals surface area contributed by atoms with Crippen LogP contribution in [0.5, 0.6) is 11.5 Å². The quantitative estimate of drug-likeness (QED) is 0.0923. The summed E-state index contributed by atoms with van der Waals surface area (Å²) in [6, 6.07) is 18.6. The van der Waals surface area contributed by atoms with Crippen LogP contribution in [0.3, 0.4) is 0 Å². The van der Waals surface area contributed by atoms with Crippen molar-refractivity contribution in [2.24, 2.45) is 0 Å². The average molecular weight is 886 g/mol. The van der Waals surface area contributed by atoms with Crippen LogP contribution >= 0.6 is 11.3 Å². The lowest BCUT2D eigenvalue weighted by molar-refractivity contribution is -0.286. The van der Waals surface area contributed by atoms with Crippen molar-refractivity contribution in [3.05, 3.63) is 100 Å². The lowest BCUT2D eigenvalue weighted by atomic mass is 9.94. The number of anilines is 2. The fourth-order valence-electron chi connectivity index (χ4n) is 7.19. The maximum atomic E-state index is 13.6. The van der Waals surface area contributed by atoms with Gasteiger partial charge in [0.15, 0.2) is 11.5 Å². The summed E-state index contributed by atoms with van der Waals surface area (Å²) in [5.74, 6) is -0.979. The number of carbonyl (C=O) groups excluding carboxylic acids is 5. The van der Waals surface area contributed by atoms with Crippen LogP contribution in [-0.4, -0.2) is 117 Å². The van der Waals surface area contributed by atoms with E-state index in [1.165, 1.54) is 29.5 Å². The highest BCUT2D eigenvalue weighted by molar-refractivity contribution is 7.16. The Bertz CT molecular complexity index is 2400. The van der Waals surface area contributed by atoms with Crippen LogP contribution in [-0.2, 0) is 35.8 Å². The fourth-order valence-corrected chi connectivity index (χ4v) is 8.24. The predicted octanol–water partition coefficient (Wildman–Crippen LogP) is 4.90. The third-order valence-corrected chi connectivity index (χ3v) is 11.9. The summed E-state index contributed by atoms with van der Waals surface area (Å²) in [7, 11) is 3.83. The number of nitrogens with zero attached hydrogens (tertiary/aromatic N) is 4. The van der Waals surface area contributed by atoms with E-state index >= 15 is 0 Å². The van der Waals surface area contributed by atoms with Crippen molar-refractivity contribution in [1.82, 2.24) is 25.4 Å². The number of thiophene rings is 1. The molecule has 0 bridgehead atoms. The van der Waals surface area contributed by atoms with E-state index in [-0.39, 0.29) is 73.8 Å². The minimum atomic E-state index is -3.75. The molecule has 1 saturated carbocycles. The molecule has 2 aromatic heterocycles. The zero-order valence-electron chi connectivity index (χ0n) is 35.2. The van der Waals surface area contributed by atoms with Gasteiger partial charge in [-0.3, -0.25) is 24.0 Å². The van der Waals surface area contributed by atoms with Crippen LogP contribution in [0, 0.1) is 6.92 Å². The van der Waals surface area contributed by atoms with Crippen molar-refractivity contribution in [3.8, 4) is 22.8 Å².